The van der Waals surface area contributed by atoms with Crippen molar-refractivity contribution in [2.75, 3.05) is 10.7 Å². The Bertz CT molecular complexity index is 1100. The number of carbonyl (C=O) groups excluding carboxylic acids is 2. The number of amides is 2. The van der Waals surface area contributed by atoms with Crippen LogP contribution in [-0.4, -0.2) is 32.0 Å². The molecule has 1 N–H and O–H groups in total. The highest BCUT2D eigenvalue weighted by molar-refractivity contribution is 7.91. The largest absolute Gasteiger partial charge is 0.352 e. The van der Waals surface area contributed by atoms with Gasteiger partial charge in [0, 0.05) is 30.6 Å². The van der Waals surface area contributed by atoms with Gasteiger partial charge in [0.05, 0.1) is 10.6 Å². The molecule has 7 heteroatoms. The van der Waals surface area contributed by atoms with Gasteiger partial charge in [-0.3, -0.25) is 9.59 Å². The number of anilines is 1. The minimum atomic E-state index is -3.59. The molecule has 0 radical (unpaired) electrons. The van der Waals surface area contributed by atoms with Gasteiger partial charge < -0.3 is 10.2 Å². The van der Waals surface area contributed by atoms with Crippen molar-refractivity contribution in [1.82, 2.24) is 5.32 Å². The number of hydrogen-bond donors (Lipinski definition) is 1. The molecule has 4 rings (SSSR count). The summed E-state index contributed by atoms with van der Waals surface area (Å²) in [6.07, 6.45) is 2.44. The molecule has 2 amide bonds. The van der Waals surface area contributed by atoms with Crippen molar-refractivity contribution >= 4 is 27.3 Å². The maximum Gasteiger partial charge on any atom is 0.230 e. The summed E-state index contributed by atoms with van der Waals surface area (Å²) >= 11 is 0. The summed E-state index contributed by atoms with van der Waals surface area (Å²) in [7, 11) is -3.59. The molecule has 164 valence electrons. The van der Waals surface area contributed by atoms with Crippen LogP contribution in [0.25, 0.3) is 0 Å². The second-order valence-electron chi connectivity index (χ2n) is 8.66. The Morgan fingerprint density at radius 1 is 1.10 bits per heavy atom. The number of benzene rings is 2. The Hall–Kier alpha value is -2.67. The van der Waals surface area contributed by atoms with E-state index in [9.17, 15) is 18.0 Å². The smallest absolute Gasteiger partial charge is 0.230 e. The molecule has 1 aliphatic carbocycles. The molecule has 31 heavy (non-hydrogen) atoms. The summed E-state index contributed by atoms with van der Waals surface area (Å²) in [6, 6.07) is 12.8. The summed E-state index contributed by atoms with van der Waals surface area (Å²) in [4.78, 5) is 26.8. The van der Waals surface area contributed by atoms with E-state index in [0.29, 0.717) is 13.0 Å². The van der Waals surface area contributed by atoms with E-state index in [1.807, 2.05) is 43.0 Å². The number of nitrogens with one attached hydrogen (secondary N) is 1. The van der Waals surface area contributed by atoms with Gasteiger partial charge in [-0.2, -0.15) is 0 Å². The third-order valence-electron chi connectivity index (χ3n) is 6.00. The van der Waals surface area contributed by atoms with Crippen LogP contribution in [0, 0.1) is 12.8 Å². The molecule has 2 aromatic rings. The van der Waals surface area contributed by atoms with Crippen LogP contribution in [0.2, 0.25) is 0 Å². The van der Waals surface area contributed by atoms with E-state index in [1.165, 1.54) is 0 Å². The molecule has 0 bridgehead atoms. The first-order chi connectivity index (χ1) is 14.7. The molecule has 1 heterocycles. The third-order valence-corrected chi connectivity index (χ3v) is 7.71. The van der Waals surface area contributed by atoms with Gasteiger partial charge in [0.2, 0.25) is 11.8 Å². The number of aryl methyl sites for hydroxylation is 1. The topological polar surface area (TPSA) is 83.6 Å². The summed E-state index contributed by atoms with van der Waals surface area (Å²) in [5, 5.41) is 2.78. The molecule has 0 aromatic heterocycles. The number of hydrogen-bond acceptors (Lipinski definition) is 4. The van der Waals surface area contributed by atoms with Crippen LogP contribution >= 0.6 is 0 Å². The van der Waals surface area contributed by atoms with Gasteiger partial charge in [-0.05, 0) is 62.4 Å². The van der Waals surface area contributed by atoms with Gasteiger partial charge in [0.1, 0.15) is 0 Å². The molecular formula is C24H28N2O4S. The molecule has 1 saturated carbocycles. The van der Waals surface area contributed by atoms with E-state index in [1.54, 1.807) is 18.2 Å². The second-order valence-corrected chi connectivity index (χ2v) is 10.8. The third kappa shape index (κ3) is 4.82. The van der Waals surface area contributed by atoms with Crippen molar-refractivity contribution in [3.05, 3.63) is 59.2 Å². The maximum atomic E-state index is 12.8. The molecule has 6 nitrogen and oxygen atoms in total. The molecule has 0 saturated heterocycles. The Morgan fingerprint density at radius 3 is 2.48 bits per heavy atom. The van der Waals surface area contributed by atoms with Gasteiger partial charge in [-0.1, -0.05) is 29.8 Å². The van der Waals surface area contributed by atoms with E-state index in [4.69, 9.17) is 0 Å². The summed E-state index contributed by atoms with van der Waals surface area (Å²) in [6.45, 7) is 4.36. The van der Waals surface area contributed by atoms with E-state index in [2.05, 4.69) is 5.32 Å². The monoisotopic (exact) mass is 440 g/mol. The zero-order chi connectivity index (χ0) is 22.2. The summed E-state index contributed by atoms with van der Waals surface area (Å²) < 4.78 is 25.6. The SMILES string of the molecule is Cc1ccc(CNC(=O)CCS(=O)(=O)c2ccc3c(c2)C[C@@H](C)N3C(=O)C2CC2)cc1. The predicted molar refractivity (Wildman–Crippen MR) is 120 cm³/mol. The number of carbonyl (C=O) groups is 2. The second kappa shape index (κ2) is 8.46. The zero-order valence-corrected chi connectivity index (χ0v) is 18.7. The van der Waals surface area contributed by atoms with Crippen molar-refractivity contribution in [3.8, 4) is 0 Å². The number of fused-ring (bicyclic) bond motifs is 1. The van der Waals surface area contributed by atoms with E-state index < -0.39 is 9.84 Å². The fourth-order valence-electron chi connectivity index (χ4n) is 4.00. The van der Waals surface area contributed by atoms with Crippen LogP contribution in [0.5, 0.6) is 0 Å². The molecule has 1 fully saturated rings. The van der Waals surface area contributed by atoms with Crippen molar-refractivity contribution in [2.24, 2.45) is 5.92 Å². The first-order valence-corrected chi connectivity index (χ1v) is 12.4. The highest BCUT2D eigenvalue weighted by Crippen LogP contribution is 2.39. The lowest BCUT2D eigenvalue weighted by Gasteiger charge is -2.22. The molecule has 2 aromatic carbocycles. The van der Waals surface area contributed by atoms with Crippen molar-refractivity contribution in [2.45, 2.75) is 57.0 Å². The molecule has 0 spiro atoms. The fourth-order valence-corrected chi connectivity index (χ4v) is 5.29. The van der Waals surface area contributed by atoms with Crippen molar-refractivity contribution in [3.63, 3.8) is 0 Å². The van der Waals surface area contributed by atoms with E-state index in [0.717, 1.165) is 35.2 Å². The van der Waals surface area contributed by atoms with Crippen LogP contribution in [0.4, 0.5) is 5.69 Å². The lowest BCUT2D eigenvalue weighted by Crippen LogP contribution is -2.36. The normalized spacial score (nSPS) is 18.0. The Kier molecular flexibility index (Phi) is 5.88. The van der Waals surface area contributed by atoms with Gasteiger partial charge in [-0.15, -0.1) is 0 Å². The number of rotatable bonds is 7. The molecular weight excluding hydrogens is 412 g/mol. The van der Waals surface area contributed by atoms with Gasteiger partial charge >= 0.3 is 0 Å². The lowest BCUT2D eigenvalue weighted by molar-refractivity contribution is -0.121. The van der Waals surface area contributed by atoms with E-state index in [-0.39, 0.29) is 40.8 Å². The van der Waals surface area contributed by atoms with Crippen molar-refractivity contribution in [1.29, 1.82) is 0 Å². The fraction of sp³-hybridized carbons (Fsp3) is 0.417. The zero-order valence-electron chi connectivity index (χ0n) is 17.9. The molecule has 2 aliphatic rings. The van der Waals surface area contributed by atoms with Gasteiger partial charge in [0.15, 0.2) is 9.84 Å². The van der Waals surface area contributed by atoms with Crippen LogP contribution in [0.3, 0.4) is 0 Å². The Balaban J connectivity index is 1.37. The molecule has 0 unspecified atom stereocenters. The van der Waals surface area contributed by atoms with Crippen molar-refractivity contribution < 1.29 is 18.0 Å². The first-order valence-electron chi connectivity index (χ1n) is 10.8. The summed E-state index contributed by atoms with van der Waals surface area (Å²) in [5.74, 6) is -0.270. The van der Waals surface area contributed by atoms with Crippen LogP contribution in [0.1, 0.15) is 42.9 Å². The van der Waals surface area contributed by atoms with Crippen LogP contribution in [-0.2, 0) is 32.4 Å². The highest BCUT2D eigenvalue weighted by Gasteiger charge is 2.39. The van der Waals surface area contributed by atoms with Gasteiger partial charge in [-0.25, -0.2) is 8.42 Å². The summed E-state index contributed by atoms with van der Waals surface area (Å²) in [5.41, 5.74) is 3.82. The quantitative estimate of drug-likeness (QED) is 0.717. The first kappa shape index (κ1) is 21.6. The minimum absolute atomic E-state index is 0.0357. The standard InChI is InChI=1S/C24H28N2O4S/c1-16-3-5-18(6-4-16)15-25-23(27)11-12-31(29,30)21-9-10-22-20(14-21)13-17(2)26(22)24(28)19-7-8-19/h3-6,9-10,14,17,19H,7-8,11-13,15H2,1-2H3,(H,25,27)/t17-/m1/s1. The predicted octanol–water partition coefficient (Wildman–Crippen LogP) is 3.16. The molecule has 1 aliphatic heterocycles. The van der Waals surface area contributed by atoms with Gasteiger partial charge in [0.25, 0.3) is 0 Å². The van der Waals surface area contributed by atoms with Crippen LogP contribution < -0.4 is 10.2 Å². The van der Waals surface area contributed by atoms with E-state index >= 15 is 0 Å². The average molecular weight is 441 g/mol. The average Bonchev–Trinajstić information content (AvgIpc) is 3.53. The van der Waals surface area contributed by atoms with Crippen LogP contribution in [0.15, 0.2) is 47.4 Å². The number of sulfone groups is 1. The maximum absolute atomic E-state index is 12.8. The number of nitrogens with zero attached hydrogens (tertiary/aromatic N) is 1. The molecule has 1 atom stereocenters. The minimum Gasteiger partial charge on any atom is -0.352 e. The Labute approximate surface area is 183 Å². The lowest BCUT2D eigenvalue weighted by atomic mass is 10.1. The highest BCUT2D eigenvalue weighted by atomic mass is 32.2. The Morgan fingerprint density at radius 2 is 1.81 bits per heavy atom.